The summed E-state index contributed by atoms with van der Waals surface area (Å²) in [4.78, 5) is 4.91. The molecule has 1 aliphatic heterocycles. The topological polar surface area (TPSA) is 15.7 Å². The molecule has 0 aliphatic carbocycles. The first-order chi connectivity index (χ1) is 9.34. The number of likely N-dealkylation sites (N-methyl/N-ethyl adjacent to an activating group) is 1. The lowest BCUT2D eigenvalue weighted by Gasteiger charge is -2.32. The second-order valence-electron chi connectivity index (χ2n) is 4.66. The predicted molar refractivity (Wildman–Crippen MR) is 81.8 cm³/mol. The molecule has 1 saturated heterocycles. The number of hydrogen-bond donors (Lipinski definition) is 0. The maximum atomic E-state index is 5.68. The van der Waals surface area contributed by atoms with Gasteiger partial charge in [-0.2, -0.15) is 0 Å². The van der Waals surface area contributed by atoms with E-state index in [1.54, 1.807) is 0 Å². The summed E-state index contributed by atoms with van der Waals surface area (Å²) in [7, 11) is 2.19. The Labute approximate surface area is 118 Å². The smallest absolute Gasteiger partial charge is 0.119 e. The summed E-state index contributed by atoms with van der Waals surface area (Å²) in [5.74, 6) is 0.978. The van der Waals surface area contributed by atoms with Gasteiger partial charge in [0.05, 0.1) is 6.61 Å². The van der Waals surface area contributed by atoms with Crippen molar-refractivity contribution in [3.63, 3.8) is 0 Å². The van der Waals surface area contributed by atoms with E-state index in [1.807, 2.05) is 44.2 Å². The van der Waals surface area contributed by atoms with E-state index in [9.17, 15) is 0 Å². The zero-order valence-corrected chi connectivity index (χ0v) is 12.6. The van der Waals surface area contributed by atoms with Gasteiger partial charge in [0.2, 0.25) is 0 Å². The summed E-state index contributed by atoms with van der Waals surface area (Å²) >= 11 is 0. The molecule has 0 aromatic heterocycles. The number of para-hydroxylation sites is 1. The summed E-state index contributed by atoms with van der Waals surface area (Å²) in [6, 6.07) is 10.1. The van der Waals surface area contributed by atoms with Crippen molar-refractivity contribution in [2.45, 2.75) is 20.3 Å². The molecule has 1 heterocycles. The van der Waals surface area contributed by atoms with E-state index in [1.165, 1.54) is 26.2 Å². The molecule has 0 N–H and O–H groups in total. The number of ether oxygens (including phenoxy) is 1. The van der Waals surface area contributed by atoms with Crippen LogP contribution in [0.1, 0.15) is 20.3 Å². The molecule has 0 spiro atoms. The minimum atomic E-state index is 0.816. The van der Waals surface area contributed by atoms with Gasteiger partial charge < -0.3 is 14.5 Å². The van der Waals surface area contributed by atoms with Crippen LogP contribution in [0.2, 0.25) is 0 Å². The molecule has 0 bridgehead atoms. The van der Waals surface area contributed by atoms with Crippen molar-refractivity contribution in [1.82, 2.24) is 9.80 Å². The first-order valence-corrected chi connectivity index (χ1v) is 7.43. The number of benzene rings is 1. The van der Waals surface area contributed by atoms with Crippen LogP contribution in [0.25, 0.3) is 0 Å². The monoisotopic (exact) mass is 264 g/mol. The summed E-state index contributed by atoms with van der Waals surface area (Å²) in [5.41, 5.74) is 0. The molecule has 19 heavy (non-hydrogen) atoms. The molecule has 1 aliphatic rings. The average Bonchev–Trinajstić information content (AvgIpc) is 2.49. The zero-order chi connectivity index (χ0) is 13.9. The highest BCUT2D eigenvalue weighted by Gasteiger charge is 2.12. The average molecular weight is 264 g/mol. The number of rotatable bonds is 5. The van der Waals surface area contributed by atoms with Crippen LogP contribution in [-0.4, -0.2) is 56.2 Å². The third kappa shape index (κ3) is 6.60. The van der Waals surface area contributed by atoms with Gasteiger partial charge in [0.25, 0.3) is 0 Å². The molecular formula is C16H28N2O. The summed E-state index contributed by atoms with van der Waals surface area (Å²) in [6.07, 6.45) is 1.11. The van der Waals surface area contributed by atoms with Gasteiger partial charge in [-0.05, 0) is 25.6 Å². The fourth-order valence-electron chi connectivity index (χ4n) is 2.07. The largest absolute Gasteiger partial charge is 0.494 e. The highest BCUT2D eigenvalue weighted by molar-refractivity contribution is 5.20. The van der Waals surface area contributed by atoms with Gasteiger partial charge >= 0.3 is 0 Å². The second-order valence-corrected chi connectivity index (χ2v) is 4.66. The van der Waals surface area contributed by atoms with Gasteiger partial charge in [0, 0.05) is 32.7 Å². The fourth-order valence-corrected chi connectivity index (χ4v) is 2.07. The molecule has 1 aromatic carbocycles. The summed E-state index contributed by atoms with van der Waals surface area (Å²) in [5, 5.41) is 0. The minimum Gasteiger partial charge on any atom is -0.494 e. The standard InChI is InChI=1S/C14H22N2O.C2H6/c1-15-9-11-16(12-10-15)8-5-13-17-14-6-3-2-4-7-14;1-2/h2-4,6-7H,5,8-13H2,1H3;1-2H3. The second kappa shape index (κ2) is 9.82. The van der Waals surface area contributed by atoms with Crippen molar-refractivity contribution in [3.05, 3.63) is 30.3 Å². The Morgan fingerprint density at radius 3 is 2.26 bits per heavy atom. The Morgan fingerprint density at radius 2 is 1.63 bits per heavy atom. The summed E-state index contributed by atoms with van der Waals surface area (Å²) in [6.45, 7) is 10.7. The molecule has 3 nitrogen and oxygen atoms in total. The molecule has 0 amide bonds. The van der Waals surface area contributed by atoms with Crippen LogP contribution in [-0.2, 0) is 0 Å². The Hall–Kier alpha value is -1.06. The van der Waals surface area contributed by atoms with Gasteiger partial charge in [-0.25, -0.2) is 0 Å². The van der Waals surface area contributed by atoms with E-state index in [0.29, 0.717) is 0 Å². The van der Waals surface area contributed by atoms with Crippen molar-refractivity contribution >= 4 is 0 Å². The zero-order valence-electron chi connectivity index (χ0n) is 12.6. The van der Waals surface area contributed by atoms with Gasteiger partial charge in [-0.1, -0.05) is 32.0 Å². The van der Waals surface area contributed by atoms with Crippen molar-refractivity contribution in [2.24, 2.45) is 0 Å². The predicted octanol–water partition coefficient (Wildman–Crippen LogP) is 2.73. The lowest BCUT2D eigenvalue weighted by molar-refractivity contribution is 0.145. The summed E-state index contributed by atoms with van der Waals surface area (Å²) < 4.78 is 5.68. The molecule has 0 radical (unpaired) electrons. The van der Waals surface area contributed by atoms with Crippen LogP contribution in [0.15, 0.2) is 30.3 Å². The van der Waals surface area contributed by atoms with Crippen LogP contribution in [0, 0.1) is 0 Å². The lowest BCUT2D eigenvalue weighted by atomic mass is 10.3. The van der Waals surface area contributed by atoms with Crippen LogP contribution in [0.4, 0.5) is 0 Å². The van der Waals surface area contributed by atoms with E-state index in [0.717, 1.165) is 25.3 Å². The van der Waals surface area contributed by atoms with Gasteiger partial charge in [0.1, 0.15) is 5.75 Å². The molecule has 3 heteroatoms. The van der Waals surface area contributed by atoms with E-state index in [-0.39, 0.29) is 0 Å². The number of hydrogen-bond acceptors (Lipinski definition) is 3. The van der Waals surface area contributed by atoms with E-state index in [4.69, 9.17) is 4.74 Å². The Balaban J connectivity index is 0.000000861. The first kappa shape index (κ1) is 16.0. The highest BCUT2D eigenvalue weighted by atomic mass is 16.5. The molecular weight excluding hydrogens is 236 g/mol. The molecule has 2 rings (SSSR count). The first-order valence-electron chi connectivity index (χ1n) is 7.43. The van der Waals surface area contributed by atoms with Crippen molar-refractivity contribution in [2.75, 3.05) is 46.4 Å². The maximum absolute atomic E-state index is 5.68. The van der Waals surface area contributed by atoms with Crippen LogP contribution >= 0.6 is 0 Å². The number of nitrogens with zero attached hydrogens (tertiary/aromatic N) is 2. The molecule has 0 unspecified atom stereocenters. The normalized spacial score (nSPS) is 16.6. The van der Waals surface area contributed by atoms with Crippen LogP contribution in [0.3, 0.4) is 0 Å². The molecule has 1 fully saturated rings. The van der Waals surface area contributed by atoms with Crippen molar-refractivity contribution in [1.29, 1.82) is 0 Å². The molecule has 0 saturated carbocycles. The van der Waals surface area contributed by atoms with E-state index < -0.39 is 0 Å². The third-order valence-electron chi connectivity index (χ3n) is 3.23. The van der Waals surface area contributed by atoms with Gasteiger partial charge in [0.15, 0.2) is 0 Å². The number of piperazine rings is 1. The highest BCUT2D eigenvalue weighted by Crippen LogP contribution is 2.08. The van der Waals surface area contributed by atoms with E-state index in [2.05, 4.69) is 16.8 Å². The quantitative estimate of drug-likeness (QED) is 0.761. The van der Waals surface area contributed by atoms with Crippen LogP contribution < -0.4 is 4.74 Å². The maximum Gasteiger partial charge on any atom is 0.119 e. The van der Waals surface area contributed by atoms with Crippen molar-refractivity contribution in [3.8, 4) is 5.75 Å². The van der Waals surface area contributed by atoms with Gasteiger partial charge in [-0.15, -0.1) is 0 Å². The van der Waals surface area contributed by atoms with Crippen LogP contribution in [0.5, 0.6) is 5.75 Å². The van der Waals surface area contributed by atoms with E-state index >= 15 is 0 Å². The minimum absolute atomic E-state index is 0.816. The molecule has 108 valence electrons. The van der Waals surface area contributed by atoms with Gasteiger partial charge in [-0.3, -0.25) is 0 Å². The molecule has 0 atom stereocenters. The lowest BCUT2D eigenvalue weighted by Crippen LogP contribution is -2.44. The fraction of sp³-hybridized carbons (Fsp3) is 0.625. The van der Waals surface area contributed by atoms with Crippen molar-refractivity contribution < 1.29 is 4.74 Å². The Morgan fingerprint density at radius 1 is 1.00 bits per heavy atom. The Kier molecular flexibility index (Phi) is 8.26. The molecule has 1 aromatic rings. The third-order valence-corrected chi connectivity index (χ3v) is 3.23. The SMILES string of the molecule is CC.CN1CCN(CCCOc2ccccc2)CC1. The Bertz CT molecular complexity index is 308.